The van der Waals surface area contributed by atoms with E-state index in [1.54, 1.807) is 49.6 Å². The summed E-state index contributed by atoms with van der Waals surface area (Å²) in [5, 5.41) is 11.9. The lowest BCUT2D eigenvalue weighted by molar-refractivity contribution is -0.434. The average Bonchev–Trinajstić information content (AvgIpc) is 2.53. The van der Waals surface area contributed by atoms with Crippen molar-refractivity contribution in [1.82, 2.24) is 0 Å². The number of rotatable bonds is 3. The Hall–Kier alpha value is -2.53. The average molecular weight is 318 g/mol. The monoisotopic (exact) mass is 317 g/mol. The Morgan fingerprint density at radius 1 is 1.27 bits per heavy atom. The SMILES string of the molecule is COc1cccc([C@@H]2Oc3ccc(Cl)cc3C=C2[N+](=O)[O-])c1. The standard InChI is InChI=1S/C16H12ClNO4/c1-21-13-4-2-3-10(8-13)16-14(18(19)20)9-11-7-12(17)5-6-15(11)22-16/h2-9,16H,1H3/t16-/m0/s1. The van der Waals surface area contributed by atoms with Crippen LogP contribution in [-0.4, -0.2) is 12.0 Å². The molecule has 0 amide bonds. The second-order valence-electron chi connectivity index (χ2n) is 4.78. The van der Waals surface area contributed by atoms with Gasteiger partial charge >= 0.3 is 0 Å². The first-order chi connectivity index (χ1) is 10.6. The Balaban J connectivity index is 2.08. The zero-order chi connectivity index (χ0) is 15.7. The highest BCUT2D eigenvalue weighted by molar-refractivity contribution is 6.30. The molecule has 2 aromatic rings. The second-order valence-corrected chi connectivity index (χ2v) is 5.22. The fourth-order valence-electron chi connectivity index (χ4n) is 2.35. The Bertz CT molecular complexity index is 772. The molecule has 0 spiro atoms. The van der Waals surface area contributed by atoms with Gasteiger partial charge in [-0.2, -0.15) is 0 Å². The molecule has 6 heteroatoms. The van der Waals surface area contributed by atoms with Crippen LogP contribution in [0.4, 0.5) is 0 Å². The van der Waals surface area contributed by atoms with Crippen molar-refractivity contribution in [1.29, 1.82) is 0 Å². The number of nitrogens with zero attached hydrogens (tertiary/aromatic N) is 1. The number of hydrogen-bond donors (Lipinski definition) is 0. The van der Waals surface area contributed by atoms with Crippen LogP contribution in [0.2, 0.25) is 5.02 Å². The normalized spacial score (nSPS) is 16.3. The zero-order valence-corrected chi connectivity index (χ0v) is 12.4. The molecule has 0 saturated heterocycles. The van der Waals surface area contributed by atoms with Crippen LogP contribution in [0.15, 0.2) is 48.2 Å². The molecular formula is C16H12ClNO4. The molecule has 0 aliphatic carbocycles. The molecular weight excluding hydrogens is 306 g/mol. The Kier molecular flexibility index (Phi) is 3.73. The van der Waals surface area contributed by atoms with Gasteiger partial charge in [-0.1, -0.05) is 23.7 Å². The zero-order valence-electron chi connectivity index (χ0n) is 11.7. The molecule has 22 heavy (non-hydrogen) atoms. The second kappa shape index (κ2) is 5.69. The van der Waals surface area contributed by atoms with E-state index in [2.05, 4.69) is 0 Å². The van der Waals surface area contributed by atoms with Crippen LogP contribution in [0.25, 0.3) is 6.08 Å². The molecule has 1 aliphatic heterocycles. The number of methoxy groups -OCH3 is 1. The van der Waals surface area contributed by atoms with Crippen molar-refractivity contribution in [3.63, 3.8) is 0 Å². The molecule has 2 aromatic carbocycles. The molecule has 3 rings (SSSR count). The van der Waals surface area contributed by atoms with Gasteiger partial charge in [-0.25, -0.2) is 0 Å². The van der Waals surface area contributed by atoms with Crippen LogP contribution >= 0.6 is 11.6 Å². The summed E-state index contributed by atoms with van der Waals surface area (Å²) in [6.45, 7) is 0. The molecule has 5 nitrogen and oxygen atoms in total. The molecule has 112 valence electrons. The fourth-order valence-corrected chi connectivity index (χ4v) is 2.53. The van der Waals surface area contributed by atoms with Crippen LogP contribution in [0.5, 0.6) is 11.5 Å². The van der Waals surface area contributed by atoms with Crippen LogP contribution in [0, 0.1) is 10.1 Å². The third-order valence-corrected chi connectivity index (χ3v) is 3.63. The Morgan fingerprint density at radius 2 is 2.09 bits per heavy atom. The smallest absolute Gasteiger partial charge is 0.291 e. The fraction of sp³-hybridized carbons (Fsp3) is 0.125. The summed E-state index contributed by atoms with van der Waals surface area (Å²) < 4.78 is 11.0. The van der Waals surface area contributed by atoms with Gasteiger partial charge in [0.05, 0.1) is 12.0 Å². The predicted molar refractivity (Wildman–Crippen MR) is 82.8 cm³/mol. The van der Waals surface area contributed by atoms with E-state index in [0.29, 0.717) is 27.6 Å². The molecule has 0 fully saturated rings. The number of ether oxygens (including phenoxy) is 2. The van der Waals surface area contributed by atoms with E-state index in [9.17, 15) is 10.1 Å². The quantitative estimate of drug-likeness (QED) is 0.631. The van der Waals surface area contributed by atoms with Crippen LogP contribution < -0.4 is 9.47 Å². The minimum Gasteiger partial charge on any atom is -0.497 e. The summed E-state index contributed by atoms with van der Waals surface area (Å²) in [4.78, 5) is 10.9. The summed E-state index contributed by atoms with van der Waals surface area (Å²) in [5.74, 6) is 1.17. The van der Waals surface area contributed by atoms with Gasteiger partial charge in [-0.05, 0) is 30.3 Å². The maximum Gasteiger partial charge on any atom is 0.291 e. The minimum absolute atomic E-state index is 0.0389. The molecule has 1 heterocycles. The van der Waals surface area contributed by atoms with E-state index in [-0.39, 0.29) is 5.70 Å². The van der Waals surface area contributed by atoms with Crippen molar-refractivity contribution in [2.45, 2.75) is 6.10 Å². The largest absolute Gasteiger partial charge is 0.497 e. The van der Waals surface area contributed by atoms with Crippen molar-refractivity contribution in [2.24, 2.45) is 0 Å². The van der Waals surface area contributed by atoms with Gasteiger partial charge in [-0.3, -0.25) is 10.1 Å². The van der Waals surface area contributed by atoms with E-state index in [1.165, 1.54) is 6.08 Å². The number of fused-ring (bicyclic) bond motifs is 1. The van der Waals surface area contributed by atoms with Gasteiger partial charge < -0.3 is 9.47 Å². The molecule has 0 saturated carbocycles. The van der Waals surface area contributed by atoms with Crippen LogP contribution in [0.3, 0.4) is 0 Å². The molecule has 0 bridgehead atoms. The van der Waals surface area contributed by atoms with E-state index in [4.69, 9.17) is 21.1 Å². The third kappa shape index (κ3) is 2.63. The number of halogens is 1. The summed E-state index contributed by atoms with van der Waals surface area (Å²) >= 11 is 5.93. The lowest BCUT2D eigenvalue weighted by Gasteiger charge is -2.23. The van der Waals surface area contributed by atoms with E-state index < -0.39 is 11.0 Å². The van der Waals surface area contributed by atoms with Crippen molar-refractivity contribution in [2.75, 3.05) is 7.11 Å². The Morgan fingerprint density at radius 3 is 2.82 bits per heavy atom. The molecule has 1 aliphatic rings. The maximum atomic E-state index is 11.4. The first-order valence-electron chi connectivity index (χ1n) is 6.54. The lowest BCUT2D eigenvalue weighted by Crippen LogP contribution is -2.19. The topological polar surface area (TPSA) is 61.6 Å². The van der Waals surface area contributed by atoms with E-state index in [0.717, 1.165) is 0 Å². The number of nitro groups is 1. The molecule has 0 aromatic heterocycles. The maximum absolute atomic E-state index is 11.4. The van der Waals surface area contributed by atoms with Gasteiger partial charge in [0.15, 0.2) is 0 Å². The van der Waals surface area contributed by atoms with E-state index in [1.807, 2.05) is 0 Å². The van der Waals surface area contributed by atoms with Gasteiger partial charge in [0.25, 0.3) is 5.70 Å². The van der Waals surface area contributed by atoms with Gasteiger partial charge in [0.1, 0.15) is 11.5 Å². The summed E-state index contributed by atoms with van der Waals surface area (Å²) in [7, 11) is 1.54. The molecule has 0 N–H and O–H groups in total. The summed E-state index contributed by atoms with van der Waals surface area (Å²) in [6.07, 6.45) is 0.702. The molecule has 0 radical (unpaired) electrons. The number of hydrogen-bond acceptors (Lipinski definition) is 4. The number of benzene rings is 2. The van der Waals surface area contributed by atoms with Crippen molar-refractivity contribution >= 4 is 17.7 Å². The first-order valence-corrected chi connectivity index (χ1v) is 6.92. The van der Waals surface area contributed by atoms with Gasteiger partial charge in [0, 0.05) is 22.2 Å². The first kappa shape index (κ1) is 14.4. The highest BCUT2D eigenvalue weighted by atomic mass is 35.5. The van der Waals surface area contributed by atoms with Crippen molar-refractivity contribution in [3.8, 4) is 11.5 Å². The van der Waals surface area contributed by atoms with Crippen LogP contribution in [-0.2, 0) is 0 Å². The summed E-state index contributed by atoms with van der Waals surface area (Å²) in [6, 6.07) is 12.1. The van der Waals surface area contributed by atoms with Gasteiger partial charge in [0.2, 0.25) is 6.10 Å². The third-order valence-electron chi connectivity index (χ3n) is 3.40. The lowest BCUT2D eigenvalue weighted by atomic mass is 10.0. The van der Waals surface area contributed by atoms with Crippen molar-refractivity contribution < 1.29 is 14.4 Å². The molecule has 1 atom stereocenters. The highest BCUT2D eigenvalue weighted by Gasteiger charge is 2.33. The summed E-state index contributed by atoms with van der Waals surface area (Å²) in [5.41, 5.74) is 1.21. The van der Waals surface area contributed by atoms with E-state index >= 15 is 0 Å². The molecule has 0 unspecified atom stereocenters. The van der Waals surface area contributed by atoms with Gasteiger partial charge in [-0.15, -0.1) is 0 Å². The highest BCUT2D eigenvalue weighted by Crippen LogP contribution is 2.39. The predicted octanol–water partition coefficient (Wildman–Crippen LogP) is 4.10. The van der Waals surface area contributed by atoms with Crippen LogP contribution in [0.1, 0.15) is 17.2 Å². The minimum atomic E-state index is -0.793. The van der Waals surface area contributed by atoms with Crippen molar-refractivity contribution in [3.05, 3.63) is 74.4 Å². The Labute approximate surface area is 131 Å².